The molecule has 0 aliphatic heterocycles. The van der Waals surface area contributed by atoms with E-state index in [4.69, 9.17) is 9.47 Å². The average Bonchev–Trinajstić information content (AvgIpc) is 3.32. The second-order valence-electron chi connectivity index (χ2n) is 6.83. The van der Waals surface area contributed by atoms with Crippen LogP contribution in [-0.4, -0.2) is 24.2 Å². The zero-order valence-electron chi connectivity index (χ0n) is 14.9. The van der Waals surface area contributed by atoms with E-state index in [2.05, 4.69) is 12.2 Å². The van der Waals surface area contributed by atoms with E-state index in [-0.39, 0.29) is 12.0 Å². The Morgan fingerprint density at radius 2 is 2.09 bits per heavy atom. The van der Waals surface area contributed by atoms with Crippen LogP contribution in [0, 0.1) is 12.8 Å². The zero-order valence-corrected chi connectivity index (χ0v) is 14.9. The number of carbonyl (C=O) groups excluding carboxylic acids is 1. The van der Waals surface area contributed by atoms with Crippen molar-refractivity contribution in [3.8, 4) is 5.75 Å². The van der Waals surface area contributed by atoms with Crippen LogP contribution in [0.2, 0.25) is 0 Å². The highest BCUT2D eigenvalue weighted by Gasteiger charge is 2.48. The largest absolute Gasteiger partial charge is 0.491 e. The number of ether oxygens (including phenoxy) is 2. The molecule has 1 aromatic carbocycles. The summed E-state index contributed by atoms with van der Waals surface area (Å²) >= 11 is 0. The molecule has 1 amide bonds. The molecule has 0 heterocycles. The number of carbonyl (C=O) groups is 1. The minimum absolute atomic E-state index is 0.0506. The van der Waals surface area contributed by atoms with E-state index in [1.54, 1.807) is 0 Å². The normalized spacial score (nSPS) is 17.0. The van der Waals surface area contributed by atoms with Gasteiger partial charge >= 0.3 is 0 Å². The second kappa shape index (κ2) is 7.35. The van der Waals surface area contributed by atoms with Gasteiger partial charge in [0, 0.05) is 12.3 Å². The van der Waals surface area contributed by atoms with E-state index in [1.165, 1.54) is 0 Å². The van der Waals surface area contributed by atoms with Gasteiger partial charge in [-0.3, -0.25) is 4.79 Å². The first-order valence-electron chi connectivity index (χ1n) is 8.59. The number of amides is 1. The van der Waals surface area contributed by atoms with Crippen LogP contribution in [0.4, 0.5) is 5.69 Å². The van der Waals surface area contributed by atoms with E-state index >= 15 is 0 Å². The lowest BCUT2D eigenvalue weighted by atomic mass is 9.98. The van der Waals surface area contributed by atoms with Crippen LogP contribution in [0.15, 0.2) is 18.2 Å². The smallest absolute Gasteiger partial charge is 0.256 e. The van der Waals surface area contributed by atoms with Gasteiger partial charge in [0.05, 0.1) is 6.10 Å². The fraction of sp³-hybridized carbons (Fsp3) is 0.632. The summed E-state index contributed by atoms with van der Waals surface area (Å²) in [5, 5.41) is 3.01. The summed E-state index contributed by atoms with van der Waals surface area (Å²) in [7, 11) is 0. The minimum Gasteiger partial charge on any atom is -0.491 e. The molecule has 0 spiro atoms. The van der Waals surface area contributed by atoms with E-state index in [9.17, 15) is 4.79 Å². The quantitative estimate of drug-likeness (QED) is 0.776. The highest BCUT2D eigenvalue weighted by atomic mass is 16.5. The van der Waals surface area contributed by atoms with Crippen LogP contribution < -0.4 is 10.1 Å². The van der Waals surface area contributed by atoms with Gasteiger partial charge in [-0.1, -0.05) is 6.92 Å². The maximum atomic E-state index is 12.7. The summed E-state index contributed by atoms with van der Waals surface area (Å²) < 4.78 is 11.6. The van der Waals surface area contributed by atoms with Crippen LogP contribution in [0.3, 0.4) is 0 Å². The number of hydrogen-bond acceptors (Lipinski definition) is 3. The molecular formula is C19H29NO3. The summed E-state index contributed by atoms with van der Waals surface area (Å²) in [5.74, 6) is 1.13. The Morgan fingerprint density at radius 1 is 1.39 bits per heavy atom. The predicted molar refractivity (Wildman–Crippen MR) is 92.9 cm³/mol. The Morgan fingerprint density at radius 3 is 2.61 bits per heavy atom. The van der Waals surface area contributed by atoms with Gasteiger partial charge in [-0.05, 0) is 76.6 Å². The van der Waals surface area contributed by atoms with Gasteiger partial charge in [0.2, 0.25) is 0 Å². The van der Waals surface area contributed by atoms with E-state index in [1.807, 2.05) is 45.9 Å². The lowest BCUT2D eigenvalue weighted by Crippen LogP contribution is -2.45. The lowest BCUT2D eigenvalue weighted by molar-refractivity contribution is -0.142. The van der Waals surface area contributed by atoms with Gasteiger partial charge in [-0.25, -0.2) is 0 Å². The van der Waals surface area contributed by atoms with Gasteiger partial charge in [-0.2, -0.15) is 0 Å². The fourth-order valence-electron chi connectivity index (χ4n) is 2.69. The summed E-state index contributed by atoms with van der Waals surface area (Å²) in [6.45, 7) is 10.6. The Kier molecular flexibility index (Phi) is 5.69. The highest BCUT2D eigenvalue weighted by Crippen LogP contribution is 2.42. The number of anilines is 1. The molecule has 1 aromatic rings. The monoisotopic (exact) mass is 319 g/mol. The van der Waals surface area contributed by atoms with Gasteiger partial charge in [0.15, 0.2) is 0 Å². The number of rotatable bonds is 8. The molecule has 1 aliphatic carbocycles. The molecule has 23 heavy (non-hydrogen) atoms. The van der Waals surface area contributed by atoms with E-state index < -0.39 is 5.60 Å². The first-order valence-corrected chi connectivity index (χ1v) is 8.59. The maximum Gasteiger partial charge on any atom is 0.256 e. The number of hydrogen-bond donors (Lipinski definition) is 1. The first-order chi connectivity index (χ1) is 10.9. The molecule has 0 unspecified atom stereocenters. The van der Waals surface area contributed by atoms with Gasteiger partial charge in [0.1, 0.15) is 11.4 Å². The van der Waals surface area contributed by atoms with Gasteiger partial charge in [-0.15, -0.1) is 0 Å². The van der Waals surface area contributed by atoms with Crippen molar-refractivity contribution < 1.29 is 14.3 Å². The van der Waals surface area contributed by atoms with Crippen LogP contribution in [0.25, 0.3) is 0 Å². The lowest BCUT2D eigenvalue weighted by Gasteiger charge is -2.28. The second-order valence-corrected chi connectivity index (χ2v) is 6.83. The summed E-state index contributed by atoms with van der Waals surface area (Å²) in [6.07, 6.45) is 3.17. The Hall–Kier alpha value is -1.55. The highest BCUT2D eigenvalue weighted by molar-refractivity contribution is 5.97. The fourth-order valence-corrected chi connectivity index (χ4v) is 2.69. The summed E-state index contributed by atoms with van der Waals surface area (Å²) in [5.41, 5.74) is 1.08. The molecule has 2 rings (SSSR count). The van der Waals surface area contributed by atoms with E-state index in [0.717, 1.165) is 36.3 Å². The third-order valence-electron chi connectivity index (χ3n) is 4.21. The number of aryl methyl sites for hydroxylation is 1. The van der Waals surface area contributed by atoms with Crippen molar-refractivity contribution in [2.75, 3.05) is 11.9 Å². The molecule has 1 aliphatic rings. The van der Waals surface area contributed by atoms with Crippen molar-refractivity contribution in [2.24, 2.45) is 5.92 Å². The molecule has 0 radical (unpaired) electrons. The maximum absolute atomic E-state index is 12.7. The summed E-state index contributed by atoms with van der Waals surface area (Å²) in [6, 6.07) is 5.74. The van der Waals surface area contributed by atoms with Crippen LogP contribution in [-0.2, 0) is 9.53 Å². The molecule has 4 nitrogen and oxygen atoms in total. The van der Waals surface area contributed by atoms with Crippen LogP contribution in [0.1, 0.15) is 52.5 Å². The van der Waals surface area contributed by atoms with E-state index in [0.29, 0.717) is 12.5 Å². The molecule has 0 bridgehead atoms. The Balaban J connectivity index is 2.08. The minimum atomic E-state index is -0.725. The van der Waals surface area contributed by atoms with Crippen LogP contribution >= 0.6 is 0 Å². The van der Waals surface area contributed by atoms with Crippen molar-refractivity contribution in [1.29, 1.82) is 0 Å². The van der Waals surface area contributed by atoms with Crippen molar-refractivity contribution >= 4 is 11.6 Å². The molecule has 128 valence electrons. The third-order valence-corrected chi connectivity index (χ3v) is 4.21. The molecule has 1 N–H and O–H groups in total. The van der Waals surface area contributed by atoms with Crippen molar-refractivity contribution in [3.63, 3.8) is 0 Å². The topological polar surface area (TPSA) is 47.6 Å². The Bertz CT molecular complexity index is 552. The van der Waals surface area contributed by atoms with Crippen molar-refractivity contribution in [2.45, 2.75) is 65.6 Å². The predicted octanol–water partition coefficient (Wildman–Crippen LogP) is 4.32. The van der Waals surface area contributed by atoms with Crippen LogP contribution in [0.5, 0.6) is 5.75 Å². The Labute approximate surface area is 139 Å². The van der Waals surface area contributed by atoms with Gasteiger partial charge < -0.3 is 14.8 Å². The van der Waals surface area contributed by atoms with Gasteiger partial charge in [0.25, 0.3) is 5.91 Å². The standard InChI is InChI=1S/C19H29NO3/c1-6-11-22-19(5,15-7-8-15)18(21)20-16-9-10-17(14(4)12-16)23-13(2)3/h9-10,12-13,15H,6-8,11H2,1-5H3,(H,20,21)/t19-/m0/s1. The molecule has 0 aromatic heterocycles. The first kappa shape index (κ1) is 17.8. The van der Waals surface area contributed by atoms with Crippen molar-refractivity contribution in [1.82, 2.24) is 0 Å². The average molecular weight is 319 g/mol. The summed E-state index contributed by atoms with van der Waals surface area (Å²) in [4.78, 5) is 12.7. The SMILES string of the molecule is CCCO[C@](C)(C(=O)Nc1ccc(OC(C)C)c(C)c1)C1CC1. The molecule has 0 saturated heterocycles. The molecular weight excluding hydrogens is 290 g/mol. The zero-order chi connectivity index (χ0) is 17.0. The number of nitrogens with one attached hydrogen (secondary N) is 1. The molecule has 4 heteroatoms. The molecule has 1 atom stereocenters. The molecule has 1 fully saturated rings. The van der Waals surface area contributed by atoms with Crippen molar-refractivity contribution in [3.05, 3.63) is 23.8 Å². The third kappa shape index (κ3) is 4.47. The number of benzene rings is 1. The molecule has 1 saturated carbocycles.